The smallest absolute Gasteiger partial charge is 0.0628 e. The van der Waals surface area contributed by atoms with Gasteiger partial charge < -0.3 is 9.84 Å². The standard InChI is InChI=1S/C16H25NO2/c1-11-9-12(2)14(4)16(13(11)3)15(10-18)17-5-7-19-8-6-17/h9,15,18H,5-8,10H2,1-4H3. The fourth-order valence-corrected chi connectivity index (χ4v) is 3.03. The third-order valence-electron chi connectivity index (χ3n) is 4.42. The van der Waals surface area contributed by atoms with Crippen LogP contribution in [0, 0.1) is 27.7 Å². The molecule has 1 saturated heterocycles. The highest BCUT2D eigenvalue weighted by Gasteiger charge is 2.25. The molecule has 0 bridgehead atoms. The Balaban J connectivity index is 2.42. The van der Waals surface area contributed by atoms with Crippen molar-refractivity contribution in [1.29, 1.82) is 0 Å². The summed E-state index contributed by atoms with van der Waals surface area (Å²) in [5, 5.41) is 9.88. The monoisotopic (exact) mass is 263 g/mol. The Labute approximate surface area is 116 Å². The molecule has 1 heterocycles. The van der Waals surface area contributed by atoms with Gasteiger partial charge in [0.2, 0.25) is 0 Å². The van der Waals surface area contributed by atoms with Crippen LogP contribution in [0.2, 0.25) is 0 Å². The SMILES string of the molecule is Cc1cc(C)c(C)c(C(CO)N2CCOCC2)c1C. The Morgan fingerprint density at radius 2 is 1.63 bits per heavy atom. The summed E-state index contributed by atoms with van der Waals surface area (Å²) in [4.78, 5) is 2.34. The van der Waals surface area contributed by atoms with Crippen LogP contribution < -0.4 is 0 Å². The largest absolute Gasteiger partial charge is 0.394 e. The first kappa shape index (κ1) is 14.5. The molecule has 2 rings (SSSR count). The molecule has 1 aliphatic rings. The average Bonchev–Trinajstić information content (AvgIpc) is 2.42. The minimum absolute atomic E-state index is 0.0995. The number of aryl methyl sites for hydroxylation is 2. The zero-order valence-corrected chi connectivity index (χ0v) is 12.5. The predicted octanol–water partition coefficient (Wildman–Crippen LogP) is 2.29. The predicted molar refractivity (Wildman–Crippen MR) is 77.6 cm³/mol. The summed E-state index contributed by atoms with van der Waals surface area (Å²) in [6.07, 6.45) is 0. The van der Waals surface area contributed by atoms with Crippen LogP contribution in [0.1, 0.15) is 33.9 Å². The first-order valence-electron chi connectivity index (χ1n) is 7.06. The third kappa shape index (κ3) is 2.83. The molecule has 1 unspecified atom stereocenters. The molecule has 19 heavy (non-hydrogen) atoms. The Hall–Kier alpha value is -0.900. The first-order valence-corrected chi connectivity index (χ1v) is 7.06. The summed E-state index contributed by atoms with van der Waals surface area (Å²) < 4.78 is 5.41. The minimum atomic E-state index is 0.0995. The second-order valence-corrected chi connectivity index (χ2v) is 5.52. The van der Waals surface area contributed by atoms with Gasteiger partial charge in [0.25, 0.3) is 0 Å². The number of benzene rings is 1. The molecule has 3 nitrogen and oxygen atoms in total. The fraction of sp³-hybridized carbons (Fsp3) is 0.625. The van der Waals surface area contributed by atoms with Gasteiger partial charge >= 0.3 is 0 Å². The Bertz CT molecular complexity index is 424. The van der Waals surface area contributed by atoms with Crippen LogP contribution in [-0.4, -0.2) is 42.9 Å². The maximum Gasteiger partial charge on any atom is 0.0628 e. The van der Waals surface area contributed by atoms with Crippen molar-refractivity contribution in [2.75, 3.05) is 32.9 Å². The average molecular weight is 263 g/mol. The second kappa shape index (κ2) is 6.04. The summed E-state index contributed by atoms with van der Waals surface area (Å²) in [5.41, 5.74) is 6.55. The van der Waals surface area contributed by atoms with Gasteiger partial charge in [-0.3, -0.25) is 4.90 Å². The molecule has 0 spiro atoms. The van der Waals surface area contributed by atoms with Gasteiger partial charge in [0, 0.05) is 13.1 Å². The normalized spacial score (nSPS) is 18.6. The highest BCUT2D eigenvalue weighted by atomic mass is 16.5. The van der Waals surface area contributed by atoms with Gasteiger partial charge in [0.1, 0.15) is 0 Å². The van der Waals surface area contributed by atoms with Crippen molar-refractivity contribution in [3.05, 3.63) is 33.9 Å². The van der Waals surface area contributed by atoms with E-state index in [1.54, 1.807) is 0 Å². The van der Waals surface area contributed by atoms with Gasteiger partial charge in [0.15, 0.2) is 0 Å². The summed E-state index contributed by atoms with van der Waals surface area (Å²) in [5.74, 6) is 0. The van der Waals surface area contributed by atoms with Crippen molar-refractivity contribution in [2.45, 2.75) is 33.7 Å². The molecule has 1 aliphatic heterocycles. The number of morpholine rings is 1. The molecular formula is C16H25NO2. The lowest BCUT2D eigenvalue weighted by Crippen LogP contribution is -2.41. The van der Waals surface area contributed by atoms with Gasteiger partial charge in [-0.15, -0.1) is 0 Å². The Kier molecular flexibility index (Phi) is 4.61. The fourth-order valence-electron chi connectivity index (χ4n) is 3.03. The molecule has 106 valence electrons. The maximum absolute atomic E-state index is 9.88. The summed E-state index contributed by atoms with van der Waals surface area (Å²) in [6, 6.07) is 2.34. The zero-order chi connectivity index (χ0) is 14.0. The van der Waals surface area contributed by atoms with Gasteiger partial charge in [-0.1, -0.05) is 6.07 Å². The molecule has 1 atom stereocenters. The van der Waals surface area contributed by atoms with E-state index >= 15 is 0 Å². The molecule has 1 fully saturated rings. The van der Waals surface area contributed by atoms with Crippen molar-refractivity contribution in [1.82, 2.24) is 4.90 Å². The van der Waals surface area contributed by atoms with Gasteiger partial charge in [0.05, 0.1) is 25.9 Å². The van der Waals surface area contributed by atoms with E-state index in [1.807, 2.05) is 0 Å². The van der Waals surface area contributed by atoms with Gasteiger partial charge in [-0.05, 0) is 55.5 Å². The molecule has 1 aromatic carbocycles. The van der Waals surface area contributed by atoms with Crippen LogP contribution in [0.4, 0.5) is 0 Å². The number of hydrogen-bond acceptors (Lipinski definition) is 3. The van der Waals surface area contributed by atoms with Crippen molar-refractivity contribution >= 4 is 0 Å². The van der Waals surface area contributed by atoms with Crippen LogP contribution in [-0.2, 0) is 4.74 Å². The van der Waals surface area contributed by atoms with Crippen molar-refractivity contribution in [3.63, 3.8) is 0 Å². The zero-order valence-electron chi connectivity index (χ0n) is 12.5. The lowest BCUT2D eigenvalue weighted by molar-refractivity contribution is 0.00226. The van der Waals surface area contributed by atoms with E-state index in [1.165, 1.54) is 27.8 Å². The van der Waals surface area contributed by atoms with E-state index in [0.717, 1.165) is 26.3 Å². The quantitative estimate of drug-likeness (QED) is 0.908. The Morgan fingerprint density at radius 3 is 2.11 bits per heavy atom. The molecular weight excluding hydrogens is 238 g/mol. The van der Waals surface area contributed by atoms with E-state index in [4.69, 9.17) is 4.74 Å². The van der Waals surface area contributed by atoms with Crippen LogP contribution in [0.25, 0.3) is 0 Å². The lowest BCUT2D eigenvalue weighted by atomic mass is 9.89. The molecule has 0 aromatic heterocycles. The van der Waals surface area contributed by atoms with E-state index in [0.29, 0.717) is 0 Å². The summed E-state index contributed by atoms with van der Waals surface area (Å²) in [6.45, 7) is 12.1. The molecule has 0 saturated carbocycles. The summed E-state index contributed by atoms with van der Waals surface area (Å²) in [7, 11) is 0. The van der Waals surface area contributed by atoms with Crippen LogP contribution in [0.3, 0.4) is 0 Å². The van der Waals surface area contributed by atoms with E-state index < -0.39 is 0 Å². The highest BCUT2D eigenvalue weighted by molar-refractivity contribution is 5.45. The van der Waals surface area contributed by atoms with E-state index in [9.17, 15) is 5.11 Å². The number of aliphatic hydroxyl groups excluding tert-OH is 1. The van der Waals surface area contributed by atoms with Gasteiger partial charge in [-0.25, -0.2) is 0 Å². The van der Waals surface area contributed by atoms with Crippen molar-refractivity contribution in [2.24, 2.45) is 0 Å². The number of aliphatic hydroxyl groups is 1. The highest BCUT2D eigenvalue weighted by Crippen LogP contribution is 2.31. The lowest BCUT2D eigenvalue weighted by Gasteiger charge is -2.35. The van der Waals surface area contributed by atoms with Crippen LogP contribution in [0.5, 0.6) is 0 Å². The van der Waals surface area contributed by atoms with Crippen molar-refractivity contribution in [3.8, 4) is 0 Å². The summed E-state index contributed by atoms with van der Waals surface area (Å²) >= 11 is 0. The van der Waals surface area contributed by atoms with Crippen LogP contribution >= 0.6 is 0 Å². The van der Waals surface area contributed by atoms with Crippen molar-refractivity contribution < 1.29 is 9.84 Å². The minimum Gasteiger partial charge on any atom is -0.394 e. The molecule has 3 heteroatoms. The van der Waals surface area contributed by atoms with E-state index in [2.05, 4.69) is 38.7 Å². The topological polar surface area (TPSA) is 32.7 Å². The number of rotatable bonds is 3. The molecule has 0 radical (unpaired) electrons. The molecule has 0 aliphatic carbocycles. The number of ether oxygens (including phenoxy) is 1. The molecule has 1 aromatic rings. The number of hydrogen-bond donors (Lipinski definition) is 1. The van der Waals surface area contributed by atoms with Gasteiger partial charge in [-0.2, -0.15) is 0 Å². The maximum atomic E-state index is 9.88. The Morgan fingerprint density at radius 1 is 1.11 bits per heavy atom. The van der Waals surface area contributed by atoms with Crippen LogP contribution in [0.15, 0.2) is 6.07 Å². The number of nitrogens with zero attached hydrogens (tertiary/aromatic N) is 1. The molecule has 0 amide bonds. The third-order valence-corrected chi connectivity index (χ3v) is 4.42. The van der Waals surface area contributed by atoms with E-state index in [-0.39, 0.29) is 12.6 Å². The first-order chi connectivity index (χ1) is 9.06. The second-order valence-electron chi connectivity index (χ2n) is 5.52. The molecule has 1 N–H and O–H groups in total.